The first-order valence-electron chi connectivity index (χ1n) is 5.33. The Morgan fingerprint density at radius 2 is 2.08 bits per heavy atom. The minimum absolute atomic E-state index is 0.370. The van der Waals surface area contributed by atoms with Crippen LogP contribution in [0.15, 0.2) is 0 Å². The third-order valence-electron chi connectivity index (χ3n) is 2.34. The Kier molecular flexibility index (Phi) is 6.15. The van der Waals surface area contributed by atoms with Crippen LogP contribution in [0.4, 0.5) is 0 Å². The van der Waals surface area contributed by atoms with Gasteiger partial charge in [0.2, 0.25) is 0 Å². The Morgan fingerprint density at radius 1 is 1.23 bits per heavy atom. The molecule has 13 heavy (non-hydrogen) atoms. The first kappa shape index (κ1) is 11.0. The lowest BCUT2D eigenvalue weighted by atomic mass is 10.2. The lowest BCUT2D eigenvalue weighted by molar-refractivity contribution is 0.0406. The van der Waals surface area contributed by atoms with E-state index in [1.807, 2.05) is 0 Å². The molecule has 3 heteroatoms. The number of unbranched alkanes of at least 4 members (excludes halogenated alkanes) is 3. The topological polar surface area (TPSA) is 44.5 Å². The van der Waals surface area contributed by atoms with Crippen LogP contribution >= 0.6 is 0 Å². The van der Waals surface area contributed by atoms with Crippen LogP contribution < -0.4 is 5.73 Å². The van der Waals surface area contributed by atoms with Gasteiger partial charge in [-0.2, -0.15) is 0 Å². The van der Waals surface area contributed by atoms with Gasteiger partial charge in [-0.25, -0.2) is 0 Å². The van der Waals surface area contributed by atoms with Gasteiger partial charge >= 0.3 is 0 Å². The summed E-state index contributed by atoms with van der Waals surface area (Å²) in [6.45, 7) is 3.37. The van der Waals surface area contributed by atoms with Crippen LogP contribution in [0.2, 0.25) is 0 Å². The molecule has 1 unspecified atom stereocenters. The Morgan fingerprint density at radius 3 is 2.77 bits per heavy atom. The van der Waals surface area contributed by atoms with E-state index in [4.69, 9.17) is 15.2 Å². The molecule has 0 amide bonds. The summed E-state index contributed by atoms with van der Waals surface area (Å²) in [5.41, 5.74) is 5.40. The van der Waals surface area contributed by atoms with E-state index >= 15 is 0 Å². The van der Waals surface area contributed by atoms with Gasteiger partial charge in [-0.05, 0) is 25.8 Å². The lowest BCUT2D eigenvalue weighted by Crippen LogP contribution is -2.12. The normalized spacial score (nSPS) is 22.4. The SMILES string of the molecule is NCCCCCCOC1CCOC1. The third kappa shape index (κ3) is 5.24. The number of rotatable bonds is 7. The molecule has 0 aliphatic carbocycles. The van der Waals surface area contributed by atoms with Gasteiger partial charge in [0.05, 0.1) is 12.7 Å². The third-order valence-corrected chi connectivity index (χ3v) is 2.34. The molecule has 1 fully saturated rings. The van der Waals surface area contributed by atoms with Crippen molar-refractivity contribution in [3.63, 3.8) is 0 Å². The zero-order valence-electron chi connectivity index (χ0n) is 8.34. The number of hydrogen-bond acceptors (Lipinski definition) is 3. The van der Waals surface area contributed by atoms with Crippen molar-refractivity contribution in [3.8, 4) is 0 Å². The molecule has 0 saturated carbocycles. The molecule has 0 spiro atoms. The van der Waals surface area contributed by atoms with E-state index in [0.29, 0.717) is 6.10 Å². The number of ether oxygens (including phenoxy) is 2. The molecule has 1 atom stereocenters. The fraction of sp³-hybridized carbons (Fsp3) is 1.00. The molecule has 0 bridgehead atoms. The van der Waals surface area contributed by atoms with E-state index in [2.05, 4.69) is 0 Å². The summed E-state index contributed by atoms with van der Waals surface area (Å²) in [6.07, 6.45) is 6.23. The van der Waals surface area contributed by atoms with E-state index < -0.39 is 0 Å². The predicted molar refractivity (Wildman–Crippen MR) is 52.7 cm³/mol. The smallest absolute Gasteiger partial charge is 0.0830 e. The van der Waals surface area contributed by atoms with Gasteiger partial charge in [-0.15, -0.1) is 0 Å². The van der Waals surface area contributed by atoms with Gasteiger partial charge in [0.25, 0.3) is 0 Å². The highest BCUT2D eigenvalue weighted by Crippen LogP contribution is 2.09. The average molecular weight is 187 g/mol. The van der Waals surface area contributed by atoms with E-state index in [1.54, 1.807) is 0 Å². The predicted octanol–water partition coefficient (Wildman–Crippen LogP) is 1.31. The zero-order valence-corrected chi connectivity index (χ0v) is 8.34. The zero-order chi connectivity index (χ0) is 9.36. The monoisotopic (exact) mass is 187 g/mol. The minimum Gasteiger partial charge on any atom is -0.379 e. The molecule has 0 radical (unpaired) electrons. The molecular formula is C10H21NO2. The summed E-state index contributed by atoms with van der Waals surface area (Å²) in [5, 5.41) is 0. The van der Waals surface area contributed by atoms with Gasteiger partial charge in [0.15, 0.2) is 0 Å². The van der Waals surface area contributed by atoms with Crippen molar-refractivity contribution in [1.82, 2.24) is 0 Å². The lowest BCUT2D eigenvalue weighted by Gasteiger charge is -2.08. The Labute approximate surface area is 80.6 Å². The summed E-state index contributed by atoms with van der Waals surface area (Å²) in [5.74, 6) is 0. The van der Waals surface area contributed by atoms with Crippen molar-refractivity contribution in [2.24, 2.45) is 5.73 Å². The van der Waals surface area contributed by atoms with Crippen molar-refractivity contribution < 1.29 is 9.47 Å². The minimum atomic E-state index is 0.370. The summed E-state index contributed by atoms with van der Waals surface area (Å²) in [6, 6.07) is 0. The van der Waals surface area contributed by atoms with Crippen molar-refractivity contribution in [3.05, 3.63) is 0 Å². The van der Waals surface area contributed by atoms with Gasteiger partial charge in [-0.3, -0.25) is 0 Å². The molecule has 0 aromatic rings. The number of nitrogens with two attached hydrogens (primary N) is 1. The molecule has 0 aromatic carbocycles. The van der Waals surface area contributed by atoms with Crippen LogP contribution in [-0.4, -0.2) is 32.5 Å². The van der Waals surface area contributed by atoms with Crippen molar-refractivity contribution >= 4 is 0 Å². The molecule has 78 valence electrons. The van der Waals surface area contributed by atoms with E-state index in [0.717, 1.165) is 45.6 Å². The largest absolute Gasteiger partial charge is 0.379 e. The Bertz CT molecular complexity index is 113. The molecule has 1 heterocycles. The summed E-state index contributed by atoms with van der Waals surface area (Å²) in [4.78, 5) is 0. The van der Waals surface area contributed by atoms with Crippen LogP contribution in [0.1, 0.15) is 32.1 Å². The van der Waals surface area contributed by atoms with Crippen LogP contribution in [0.3, 0.4) is 0 Å². The van der Waals surface area contributed by atoms with Crippen molar-refractivity contribution in [2.45, 2.75) is 38.2 Å². The summed E-state index contributed by atoms with van der Waals surface area (Å²) in [7, 11) is 0. The van der Waals surface area contributed by atoms with Gasteiger partial charge in [0, 0.05) is 13.2 Å². The van der Waals surface area contributed by atoms with E-state index in [1.165, 1.54) is 12.8 Å². The Balaban J connectivity index is 1.78. The maximum Gasteiger partial charge on any atom is 0.0830 e. The fourth-order valence-electron chi connectivity index (χ4n) is 1.49. The first-order valence-corrected chi connectivity index (χ1v) is 5.33. The maximum absolute atomic E-state index is 5.63. The quantitative estimate of drug-likeness (QED) is 0.611. The van der Waals surface area contributed by atoms with Gasteiger partial charge < -0.3 is 15.2 Å². The number of hydrogen-bond donors (Lipinski definition) is 1. The second-order valence-electron chi connectivity index (χ2n) is 3.56. The molecule has 1 rings (SSSR count). The van der Waals surface area contributed by atoms with Crippen LogP contribution in [0.5, 0.6) is 0 Å². The molecule has 1 aliphatic heterocycles. The average Bonchev–Trinajstić information content (AvgIpc) is 2.63. The van der Waals surface area contributed by atoms with Gasteiger partial charge in [-0.1, -0.05) is 12.8 Å². The Hall–Kier alpha value is -0.120. The molecule has 0 aromatic heterocycles. The van der Waals surface area contributed by atoms with Gasteiger partial charge in [0.1, 0.15) is 0 Å². The molecule has 3 nitrogen and oxygen atoms in total. The summed E-state index contributed by atoms with van der Waals surface area (Å²) < 4.78 is 10.8. The second-order valence-corrected chi connectivity index (χ2v) is 3.56. The van der Waals surface area contributed by atoms with Crippen LogP contribution in [-0.2, 0) is 9.47 Å². The second kappa shape index (κ2) is 7.30. The van der Waals surface area contributed by atoms with Crippen molar-refractivity contribution in [2.75, 3.05) is 26.4 Å². The first-order chi connectivity index (χ1) is 6.43. The highest BCUT2D eigenvalue weighted by atomic mass is 16.5. The molecule has 2 N–H and O–H groups in total. The fourth-order valence-corrected chi connectivity index (χ4v) is 1.49. The highest BCUT2D eigenvalue weighted by Gasteiger charge is 2.14. The standard InChI is InChI=1S/C10H21NO2/c11-6-3-1-2-4-7-13-10-5-8-12-9-10/h10H,1-9,11H2. The van der Waals surface area contributed by atoms with E-state index in [-0.39, 0.29) is 0 Å². The maximum atomic E-state index is 5.63. The summed E-state index contributed by atoms with van der Waals surface area (Å²) >= 11 is 0. The molecule has 1 aliphatic rings. The van der Waals surface area contributed by atoms with Crippen LogP contribution in [0, 0.1) is 0 Å². The highest BCUT2D eigenvalue weighted by molar-refractivity contribution is 4.62. The molecular weight excluding hydrogens is 166 g/mol. The molecule has 1 saturated heterocycles. The van der Waals surface area contributed by atoms with Crippen LogP contribution in [0.25, 0.3) is 0 Å². The van der Waals surface area contributed by atoms with E-state index in [9.17, 15) is 0 Å². The van der Waals surface area contributed by atoms with Crippen molar-refractivity contribution in [1.29, 1.82) is 0 Å².